The molecule has 0 N–H and O–H groups in total. The molecule has 0 spiro atoms. The average molecular weight is 280 g/mol. The van der Waals surface area contributed by atoms with Crippen LogP contribution in [0.1, 0.15) is 44.2 Å². The van der Waals surface area contributed by atoms with Crippen molar-refractivity contribution in [3.63, 3.8) is 0 Å². The fraction of sp³-hybridized carbons (Fsp3) is 0.632. The Bertz CT molecular complexity index is 610. The van der Waals surface area contributed by atoms with Gasteiger partial charge in [0.2, 0.25) is 0 Å². The molecule has 1 saturated carbocycles. The van der Waals surface area contributed by atoms with Crippen molar-refractivity contribution < 1.29 is 0 Å². The Labute approximate surface area is 128 Å². The zero-order valence-corrected chi connectivity index (χ0v) is 13.1. The molecule has 0 amide bonds. The van der Waals surface area contributed by atoms with Crippen molar-refractivity contribution in [1.29, 1.82) is 0 Å². The molecule has 21 heavy (non-hydrogen) atoms. The summed E-state index contributed by atoms with van der Waals surface area (Å²) in [5, 5.41) is 0. The first-order valence-corrected chi connectivity index (χ1v) is 8.37. The molecule has 1 heterocycles. The van der Waals surface area contributed by atoms with Crippen molar-refractivity contribution in [1.82, 2.24) is 4.90 Å². The molecule has 3 atom stereocenters. The third-order valence-corrected chi connectivity index (χ3v) is 6.43. The summed E-state index contributed by atoms with van der Waals surface area (Å²) in [5.41, 5.74) is 4.03. The second-order valence-corrected chi connectivity index (χ2v) is 7.62. The zero-order chi connectivity index (χ0) is 14.6. The Hall–Kier alpha value is -1.33. The minimum Gasteiger partial charge on any atom is -0.299 e. The van der Waals surface area contributed by atoms with Gasteiger partial charge in [-0.15, -0.1) is 0 Å². The molecular formula is C19H24N2. The predicted molar refractivity (Wildman–Crippen MR) is 85.6 cm³/mol. The molecule has 1 aromatic rings. The van der Waals surface area contributed by atoms with E-state index in [1.54, 1.807) is 0 Å². The number of fused-ring (bicyclic) bond motifs is 4. The first-order valence-electron chi connectivity index (χ1n) is 8.37. The van der Waals surface area contributed by atoms with Gasteiger partial charge in [-0.05, 0) is 60.6 Å². The summed E-state index contributed by atoms with van der Waals surface area (Å²) in [6.07, 6.45) is 5.31. The lowest BCUT2D eigenvalue weighted by Gasteiger charge is -2.55. The molecule has 2 heteroatoms. The number of benzene rings is 1. The molecule has 2 aliphatic carbocycles. The summed E-state index contributed by atoms with van der Waals surface area (Å²) in [5.74, 6) is 1.67. The summed E-state index contributed by atoms with van der Waals surface area (Å²) in [4.78, 5) is 6.42. The van der Waals surface area contributed by atoms with E-state index in [1.807, 2.05) is 6.07 Å². The number of nitrogens with zero attached hydrogens (tertiary/aromatic N) is 2. The minimum atomic E-state index is 0.263. The van der Waals surface area contributed by atoms with Crippen LogP contribution in [0.25, 0.3) is 4.85 Å². The first-order chi connectivity index (χ1) is 10.1. The van der Waals surface area contributed by atoms with Gasteiger partial charge in [0.25, 0.3) is 0 Å². The lowest BCUT2D eigenvalue weighted by atomic mass is 9.59. The topological polar surface area (TPSA) is 7.60 Å². The molecule has 0 aromatic heterocycles. The van der Waals surface area contributed by atoms with Gasteiger partial charge in [0, 0.05) is 12.6 Å². The van der Waals surface area contributed by atoms with Gasteiger partial charge in [-0.3, -0.25) is 4.90 Å². The minimum absolute atomic E-state index is 0.263. The van der Waals surface area contributed by atoms with Crippen molar-refractivity contribution >= 4 is 5.69 Å². The zero-order valence-electron chi connectivity index (χ0n) is 13.1. The van der Waals surface area contributed by atoms with E-state index in [0.29, 0.717) is 12.0 Å². The van der Waals surface area contributed by atoms with E-state index in [1.165, 1.54) is 49.9 Å². The van der Waals surface area contributed by atoms with Crippen LogP contribution in [-0.4, -0.2) is 24.0 Å². The lowest BCUT2D eigenvalue weighted by molar-refractivity contribution is 0.0285. The normalized spacial score (nSPS) is 35.1. The van der Waals surface area contributed by atoms with E-state index in [9.17, 15) is 0 Å². The molecule has 3 aliphatic rings. The fourth-order valence-corrected chi connectivity index (χ4v) is 4.62. The highest BCUT2D eigenvalue weighted by molar-refractivity contribution is 5.53. The van der Waals surface area contributed by atoms with Crippen LogP contribution in [0, 0.1) is 18.4 Å². The number of rotatable bonds is 2. The van der Waals surface area contributed by atoms with Crippen molar-refractivity contribution in [2.45, 2.75) is 51.0 Å². The Kier molecular flexibility index (Phi) is 2.91. The highest BCUT2D eigenvalue weighted by Gasteiger charge is 2.48. The summed E-state index contributed by atoms with van der Waals surface area (Å²) in [6.45, 7) is 14.7. The largest absolute Gasteiger partial charge is 0.299 e. The molecule has 1 saturated heterocycles. The maximum atomic E-state index is 7.28. The Morgan fingerprint density at radius 1 is 1.38 bits per heavy atom. The number of hydrogen-bond acceptors (Lipinski definition) is 1. The van der Waals surface area contributed by atoms with Gasteiger partial charge < -0.3 is 0 Å². The SMILES string of the molecule is [C-]#[N+]c1ccc2c(c1)[C@@]1(C)CCN(CC3CC3)C(C2)C1C. The Morgan fingerprint density at radius 3 is 2.90 bits per heavy atom. The van der Waals surface area contributed by atoms with Gasteiger partial charge in [-0.25, -0.2) is 4.85 Å². The standard InChI is InChI=1S/C19H24N2/c1-13-18-10-15-6-7-16(20-3)11-17(15)19(13,2)8-9-21(18)12-14-4-5-14/h6-7,11,13-14,18H,4-5,8-10,12H2,1-2H3/t13?,18?,19-/m0/s1. The predicted octanol–water partition coefficient (Wildman–Crippen LogP) is 4.17. The van der Waals surface area contributed by atoms with Crippen LogP contribution in [0.4, 0.5) is 5.69 Å². The van der Waals surface area contributed by atoms with Crippen molar-refractivity contribution in [2.75, 3.05) is 13.1 Å². The number of hydrogen-bond donors (Lipinski definition) is 0. The van der Waals surface area contributed by atoms with E-state index in [-0.39, 0.29) is 5.41 Å². The third-order valence-electron chi connectivity index (χ3n) is 6.43. The van der Waals surface area contributed by atoms with Gasteiger partial charge in [-0.2, -0.15) is 0 Å². The van der Waals surface area contributed by atoms with E-state index in [0.717, 1.165) is 11.6 Å². The number of likely N-dealkylation sites (tertiary alicyclic amines) is 1. The molecule has 1 aliphatic heterocycles. The quantitative estimate of drug-likeness (QED) is 0.738. The lowest BCUT2D eigenvalue weighted by Crippen LogP contribution is -2.58. The van der Waals surface area contributed by atoms with E-state index >= 15 is 0 Å². The van der Waals surface area contributed by atoms with Crippen molar-refractivity contribution in [2.24, 2.45) is 11.8 Å². The second-order valence-electron chi connectivity index (χ2n) is 7.62. The molecule has 4 rings (SSSR count). The molecule has 2 unspecified atom stereocenters. The third kappa shape index (κ3) is 2.02. The molecule has 2 bridgehead atoms. The molecule has 0 radical (unpaired) electrons. The van der Waals surface area contributed by atoms with Gasteiger partial charge in [0.15, 0.2) is 5.69 Å². The van der Waals surface area contributed by atoms with Gasteiger partial charge in [0.1, 0.15) is 0 Å². The van der Waals surface area contributed by atoms with Gasteiger partial charge >= 0.3 is 0 Å². The Balaban J connectivity index is 1.72. The maximum Gasteiger partial charge on any atom is 0.187 e. The molecule has 2 nitrogen and oxygen atoms in total. The monoisotopic (exact) mass is 280 g/mol. The highest BCUT2D eigenvalue weighted by atomic mass is 15.2. The van der Waals surface area contributed by atoms with Crippen LogP contribution in [-0.2, 0) is 11.8 Å². The molecule has 2 fully saturated rings. The van der Waals surface area contributed by atoms with Crippen LogP contribution < -0.4 is 0 Å². The van der Waals surface area contributed by atoms with Gasteiger partial charge in [0.05, 0.1) is 6.57 Å². The number of piperidine rings is 1. The van der Waals surface area contributed by atoms with E-state index in [2.05, 4.69) is 35.7 Å². The molecular weight excluding hydrogens is 256 g/mol. The summed E-state index contributed by atoms with van der Waals surface area (Å²) in [7, 11) is 0. The highest BCUT2D eigenvalue weighted by Crippen LogP contribution is 2.50. The second kappa shape index (κ2) is 4.58. The average Bonchev–Trinajstić information content (AvgIpc) is 3.30. The van der Waals surface area contributed by atoms with Gasteiger partial charge in [-0.1, -0.05) is 32.0 Å². The maximum absolute atomic E-state index is 7.28. The van der Waals surface area contributed by atoms with Crippen LogP contribution in [0.15, 0.2) is 18.2 Å². The van der Waals surface area contributed by atoms with Crippen LogP contribution in [0.5, 0.6) is 0 Å². The van der Waals surface area contributed by atoms with E-state index < -0.39 is 0 Å². The summed E-state index contributed by atoms with van der Waals surface area (Å²) >= 11 is 0. The van der Waals surface area contributed by atoms with Crippen molar-refractivity contribution in [3.8, 4) is 0 Å². The smallest absolute Gasteiger partial charge is 0.187 e. The van der Waals surface area contributed by atoms with Crippen LogP contribution in [0.3, 0.4) is 0 Å². The summed E-state index contributed by atoms with van der Waals surface area (Å²) < 4.78 is 0. The molecule has 1 aromatic carbocycles. The Morgan fingerprint density at radius 2 is 2.19 bits per heavy atom. The van der Waals surface area contributed by atoms with Crippen LogP contribution in [0.2, 0.25) is 0 Å². The van der Waals surface area contributed by atoms with Crippen LogP contribution >= 0.6 is 0 Å². The van der Waals surface area contributed by atoms with Crippen molar-refractivity contribution in [3.05, 3.63) is 40.7 Å². The fourth-order valence-electron chi connectivity index (χ4n) is 4.62. The first kappa shape index (κ1) is 13.3. The summed E-state index contributed by atoms with van der Waals surface area (Å²) in [6, 6.07) is 7.11. The molecule has 110 valence electrons. The van der Waals surface area contributed by atoms with E-state index in [4.69, 9.17) is 6.57 Å².